The predicted octanol–water partition coefficient (Wildman–Crippen LogP) is 5.10. The lowest BCUT2D eigenvalue weighted by Crippen LogP contribution is -2.13. The van der Waals surface area contributed by atoms with Crippen LogP contribution in [-0.4, -0.2) is 20.5 Å². The van der Waals surface area contributed by atoms with E-state index >= 15 is 0 Å². The van der Waals surface area contributed by atoms with Gasteiger partial charge in [-0.3, -0.25) is 4.57 Å². The summed E-state index contributed by atoms with van der Waals surface area (Å²) in [5.41, 5.74) is 2.28. The molecule has 1 unspecified atom stereocenters. The fourth-order valence-electron chi connectivity index (χ4n) is 2.98. The summed E-state index contributed by atoms with van der Waals surface area (Å²) in [4.78, 5) is 21.3. The quantitative estimate of drug-likeness (QED) is 0.430. The van der Waals surface area contributed by atoms with Gasteiger partial charge in [0, 0.05) is 17.8 Å². The van der Waals surface area contributed by atoms with Crippen LogP contribution in [0.3, 0.4) is 0 Å². The summed E-state index contributed by atoms with van der Waals surface area (Å²) in [5, 5.41) is 1.03. The molecule has 4 aromatic rings. The number of esters is 1. The Kier molecular flexibility index (Phi) is 4.73. The van der Waals surface area contributed by atoms with Crippen molar-refractivity contribution in [3.8, 4) is 5.95 Å². The number of para-hydroxylation sites is 1. The van der Waals surface area contributed by atoms with Crippen LogP contribution in [-0.2, 0) is 4.74 Å². The van der Waals surface area contributed by atoms with E-state index in [2.05, 4.69) is 25.9 Å². The normalized spacial score (nSPS) is 12.1. The Bertz CT molecular complexity index is 1090. The number of halogens is 1. The van der Waals surface area contributed by atoms with Crippen molar-refractivity contribution < 1.29 is 9.53 Å². The van der Waals surface area contributed by atoms with E-state index in [0.29, 0.717) is 11.5 Å². The highest BCUT2D eigenvalue weighted by Crippen LogP contribution is 2.29. The van der Waals surface area contributed by atoms with Gasteiger partial charge in [-0.1, -0.05) is 36.4 Å². The fraction of sp³-hybridized carbons (Fsp3) is 0.0952. The first-order valence-electron chi connectivity index (χ1n) is 8.48. The highest BCUT2D eigenvalue weighted by molar-refractivity contribution is 9.10. The summed E-state index contributed by atoms with van der Waals surface area (Å²) < 4.78 is 8.43. The molecule has 134 valence electrons. The fourth-order valence-corrected chi connectivity index (χ4v) is 3.19. The molecule has 1 atom stereocenters. The van der Waals surface area contributed by atoms with E-state index in [-0.39, 0.29) is 5.97 Å². The minimum atomic E-state index is -0.475. The van der Waals surface area contributed by atoms with Crippen molar-refractivity contribution in [2.45, 2.75) is 13.0 Å². The number of carbonyl (C=O) groups is 1. The smallest absolute Gasteiger partial charge is 0.338 e. The van der Waals surface area contributed by atoms with Crippen LogP contribution in [0.25, 0.3) is 16.9 Å². The molecule has 2 aromatic heterocycles. The molecule has 0 radical (unpaired) electrons. The summed E-state index contributed by atoms with van der Waals surface area (Å²) in [6.45, 7) is 1.85. The van der Waals surface area contributed by atoms with Crippen LogP contribution >= 0.6 is 15.9 Å². The van der Waals surface area contributed by atoms with E-state index < -0.39 is 6.10 Å². The first-order valence-corrected chi connectivity index (χ1v) is 9.27. The zero-order valence-corrected chi connectivity index (χ0v) is 16.1. The second kappa shape index (κ2) is 7.32. The first-order chi connectivity index (χ1) is 13.1. The zero-order chi connectivity index (χ0) is 18.8. The average molecular weight is 422 g/mol. The maximum Gasteiger partial charge on any atom is 0.338 e. The molecule has 4 rings (SSSR count). The van der Waals surface area contributed by atoms with Crippen LogP contribution in [0.1, 0.15) is 29.1 Å². The number of hydrogen-bond acceptors (Lipinski definition) is 4. The SMILES string of the molecule is CC(OC(=O)c1ccccc1)c1cc2ccccc2n1-c1ncc(Br)cn1. The molecule has 0 fully saturated rings. The van der Waals surface area contributed by atoms with Crippen molar-refractivity contribution in [3.05, 3.63) is 88.8 Å². The molecule has 2 heterocycles. The van der Waals surface area contributed by atoms with Gasteiger partial charge in [-0.2, -0.15) is 0 Å². The summed E-state index contributed by atoms with van der Waals surface area (Å²) in [7, 11) is 0. The van der Waals surface area contributed by atoms with E-state index in [9.17, 15) is 4.79 Å². The second-order valence-corrected chi connectivity index (χ2v) is 6.99. The topological polar surface area (TPSA) is 57.0 Å². The summed E-state index contributed by atoms with van der Waals surface area (Å²) in [6, 6.07) is 18.9. The Balaban J connectivity index is 1.75. The average Bonchev–Trinajstić information content (AvgIpc) is 3.09. The van der Waals surface area contributed by atoms with E-state index in [0.717, 1.165) is 21.1 Å². The van der Waals surface area contributed by atoms with Crippen LogP contribution in [0, 0.1) is 0 Å². The molecule has 0 saturated heterocycles. The lowest BCUT2D eigenvalue weighted by molar-refractivity contribution is 0.0326. The molecule has 0 saturated carbocycles. The summed E-state index contributed by atoms with van der Waals surface area (Å²) in [6.07, 6.45) is 2.92. The van der Waals surface area contributed by atoms with E-state index in [1.807, 2.05) is 60.0 Å². The third-order valence-corrected chi connectivity index (χ3v) is 4.67. The minimum absolute atomic E-state index is 0.364. The number of nitrogens with zero attached hydrogens (tertiary/aromatic N) is 3. The Morgan fingerprint density at radius 3 is 2.44 bits per heavy atom. The maximum atomic E-state index is 12.5. The molecule has 0 spiro atoms. The number of rotatable bonds is 4. The highest BCUT2D eigenvalue weighted by atomic mass is 79.9. The molecule has 5 nitrogen and oxygen atoms in total. The summed E-state index contributed by atoms with van der Waals surface area (Å²) in [5.74, 6) is 0.161. The molecule has 0 amide bonds. The van der Waals surface area contributed by atoms with Crippen LogP contribution in [0.2, 0.25) is 0 Å². The maximum absolute atomic E-state index is 12.5. The van der Waals surface area contributed by atoms with Crippen molar-refractivity contribution in [2.24, 2.45) is 0 Å². The Hall–Kier alpha value is -2.99. The first kappa shape index (κ1) is 17.4. The van der Waals surface area contributed by atoms with Crippen molar-refractivity contribution in [3.63, 3.8) is 0 Å². The van der Waals surface area contributed by atoms with E-state index in [4.69, 9.17) is 4.74 Å². The molecule has 27 heavy (non-hydrogen) atoms. The minimum Gasteiger partial charge on any atom is -0.453 e. The molecule has 0 aliphatic rings. The van der Waals surface area contributed by atoms with Crippen molar-refractivity contribution in [1.82, 2.24) is 14.5 Å². The molecule has 0 bridgehead atoms. The van der Waals surface area contributed by atoms with Crippen LogP contribution in [0.4, 0.5) is 0 Å². The molecular weight excluding hydrogens is 406 g/mol. The highest BCUT2D eigenvalue weighted by Gasteiger charge is 2.21. The van der Waals surface area contributed by atoms with Gasteiger partial charge in [-0.25, -0.2) is 14.8 Å². The number of carbonyl (C=O) groups excluding carboxylic acids is 1. The second-order valence-electron chi connectivity index (χ2n) is 6.08. The standard InChI is InChI=1S/C21H16BrN3O2/c1-14(27-20(26)15-7-3-2-4-8-15)19-11-16-9-5-6-10-18(16)25(19)21-23-12-17(22)13-24-21/h2-14H,1H3. The van der Waals surface area contributed by atoms with Crippen molar-refractivity contribution in [1.29, 1.82) is 0 Å². The van der Waals surface area contributed by atoms with Gasteiger partial charge in [0.25, 0.3) is 0 Å². The van der Waals surface area contributed by atoms with Crippen molar-refractivity contribution >= 4 is 32.8 Å². The third-order valence-electron chi connectivity index (χ3n) is 4.26. The number of aromatic nitrogens is 3. The van der Waals surface area contributed by atoms with Crippen LogP contribution < -0.4 is 0 Å². The lowest BCUT2D eigenvalue weighted by Gasteiger charge is -2.16. The Morgan fingerprint density at radius 1 is 1.04 bits per heavy atom. The number of hydrogen-bond donors (Lipinski definition) is 0. The van der Waals surface area contributed by atoms with Crippen LogP contribution in [0.5, 0.6) is 0 Å². The Morgan fingerprint density at radius 2 is 1.70 bits per heavy atom. The van der Waals surface area contributed by atoms with Gasteiger partial charge in [-0.05, 0) is 47.1 Å². The van der Waals surface area contributed by atoms with Crippen molar-refractivity contribution in [2.75, 3.05) is 0 Å². The number of fused-ring (bicyclic) bond motifs is 1. The molecule has 0 N–H and O–H groups in total. The number of benzene rings is 2. The monoisotopic (exact) mass is 421 g/mol. The van der Waals surface area contributed by atoms with Gasteiger partial charge >= 0.3 is 5.97 Å². The molecular formula is C21H16BrN3O2. The van der Waals surface area contributed by atoms with Gasteiger partial charge in [0.1, 0.15) is 6.10 Å². The van der Waals surface area contributed by atoms with E-state index in [1.54, 1.807) is 24.5 Å². The predicted molar refractivity (Wildman–Crippen MR) is 107 cm³/mol. The van der Waals surface area contributed by atoms with Gasteiger partial charge in [0.2, 0.25) is 5.95 Å². The molecule has 0 aliphatic heterocycles. The molecule has 2 aromatic carbocycles. The molecule has 0 aliphatic carbocycles. The van der Waals surface area contributed by atoms with Crippen LogP contribution in [0.15, 0.2) is 77.5 Å². The van der Waals surface area contributed by atoms with Gasteiger partial charge in [-0.15, -0.1) is 0 Å². The lowest BCUT2D eigenvalue weighted by atomic mass is 10.2. The molecule has 6 heteroatoms. The van der Waals surface area contributed by atoms with E-state index in [1.165, 1.54) is 0 Å². The zero-order valence-electron chi connectivity index (χ0n) is 14.5. The summed E-state index contributed by atoms with van der Waals surface area (Å²) >= 11 is 3.36. The number of ether oxygens (including phenoxy) is 1. The third kappa shape index (κ3) is 3.48. The largest absolute Gasteiger partial charge is 0.453 e. The van der Waals surface area contributed by atoms with Gasteiger partial charge in [0.15, 0.2) is 0 Å². The van der Waals surface area contributed by atoms with Gasteiger partial charge in [0.05, 0.1) is 21.2 Å². The Labute approximate surface area is 164 Å². The van der Waals surface area contributed by atoms with Gasteiger partial charge < -0.3 is 4.74 Å².